The van der Waals surface area contributed by atoms with Crippen LogP contribution in [0.1, 0.15) is 0 Å². The fourth-order valence-corrected chi connectivity index (χ4v) is 3.46. The van der Waals surface area contributed by atoms with Crippen molar-refractivity contribution in [1.29, 1.82) is 0 Å². The van der Waals surface area contributed by atoms with E-state index in [1.807, 2.05) is 30.3 Å². The number of aromatic nitrogens is 5. The van der Waals surface area contributed by atoms with Crippen LogP contribution in [0.3, 0.4) is 0 Å². The number of benzene rings is 2. The Bertz CT molecular complexity index is 1380. The zero-order chi connectivity index (χ0) is 20.0. The molecular formula is C21H17N5O3. The number of aliphatic hydroxyl groups excluding tert-OH is 1. The third-order valence-electron chi connectivity index (χ3n) is 4.84. The minimum absolute atomic E-state index is 0.127. The first-order chi connectivity index (χ1) is 14.2. The molecule has 0 amide bonds. The van der Waals surface area contributed by atoms with Crippen molar-refractivity contribution in [3.8, 4) is 28.4 Å². The van der Waals surface area contributed by atoms with E-state index in [1.54, 1.807) is 35.0 Å². The van der Waals surface area contributed by atoms with E-state index in [4.69, 9.17) is 0 Å². The summed E-state index contributed by atoms with van der Waals surface area (Å²) < 4.78 is 3.16. The maximum absolute atomic E-state index is 13.1. The summed E-state index contributed by atoms with van der Waals surface area (Å²) in [5.74, 6) is 1.05. The van der Waals surface area contributed by atoms with Crippen LogP contribution in [0.25, 0.3) is 39.6 Å². The van der Waals surface area contributed by atoms with Gasteiger partial charge in [0.05, 0.1) is 12.3 Å². The zero-order valence-electron chi connectivity index (χ0n) is 15.3. The van der Waals surface area contributed by atoms with Gasteiger partial charge >= 0.3 is 0 Å². The third-order valence-corrected chi connectivity index (χ3v) is 4.84. The lowest BCUT2D eigenvalue weighted by Crippen LogP contribution is -2.14. The molecule has 0 saturated heterocycles. The van der Waals surface area contributed by atoms with Crippen molar-refractivity contribution in [3.63, 3.8) is 0 Å². The molecule has 5 rings (SSSR count). The number of phenols is 1. The quantitative estimate of drug-likeness (QED) is 0.439. The number of imidazole rings is 2. The number of phenolic OH excluding ortho intramolecular Hbond substituents is 1. The van der Waals surface area contributed by atoms with Crippen LogP contribution >= 0.6 is 0 Å². The first-order valence-electron chi connectivity index (χ1n) is 9.13. The van der Waals surface area contributed by atoms with E-state index in [0.29, 0.717) is 22.8 Å². The number of aliphatic hydroxyl groups is 1. The van der Waals surface area contributed by atoms with Crippen molar-refractivity contribution in [1.82, 2.24) is 23.9 Å². The van der Waals surface area contributed by atoms with Gasteiger partial charge in [-0.1, -0.05) is 30.3 Å². The maximum Gasteiger partial charge on any atom is 0.287 e. The molecular weight excluding hydrogens is 370 g/mol. The Kier molecular flexibility index (Phi) is 3.92. The van der Waals surface area contributed by atoms with Gasteiger partial charge in [0.2, 0.25) is 5.78 Å². The summed E-state index contributed by atoms with van der Waals surface area (Å²) in [5.41, 5.74) is 2.76. The van der Waals surface area contributed by atoms with E-state index >= 15 is 0 Å². The monoisotopic (exact) mass is 387 g/mol. The normalized spacial score (nSPS) is 11.5. The fourth-order valence-electron chi connectivity index (χ4n) is 3.46. The summed E-state index contributed by atoms with van der Waals surface area (Å²) in [4.78, 5) is 25.4. The van der Waals surface area contributed by atoms with Crippen LogP contribution in [0.2, 0.25) is 0 Å². The number of aromatic hydroxyl groups is 1. The predicted octanol–water partition coefficient (Wildman–Crippen LogP) is 2.40. The highest BCUT2D eigenvalue weighted by Crippen LogP contribution is 2.25. The van der Waals surface area contributed by atoms with Crippen LogP contribution in [0.15, 0.2) is 65.6 Å². The molecule has 0 unspecified atom stereocenters. The van der Waals surface area contributed by atoms with Gasteiger partial charge in [0.25, 0.3) is 5.56 Å². The highest BCUT2D eigenvalue weighted by atomic mass is 16.3. The average molecular weight is 387 g/mol. The fraction of sp³-hybridized carbons (Fsp3) is 0.0952. The topological polar surface area (TPSA) is 108 Å². The molecule has 0 radical (unpaired) electrons. The number of nitrogens with zero attached hydrogens (tertiary/aromatic N) is 4. The second kappa shape index (κ2) is 6.61. The lowest BCUT2D eigenvalue weighted by Gasteiger charge is -2.06. The molecule has 2 aromatic carbocycles. The van der Waals surface area contributed by atoms with Crippen LogP contribution in [-0.2, 0) is 6.54 Å². The highest BCUT2D eigenvalue weighted by molar-refractivity contribution is 5.78. The second-order valence-electron chi connectivity index (χ2n) is 6.67. The van der Waals surface area contributed by atoms with E-state index in [-0.39, 0.29) is 30.0 Å². The Labute approximate surface area is 164 Å². The summed E-state index contributed by atoms with van der Waals surface area (Å²) in [7, 11) is 0. The molecule has 0 aliphatic heterocycles. The Balaban J connectivity index is 1.76. The number of nitrogens with one attached hydrogen (secondary N) is 1. The molecule has 0 saturated carbocycles. The van der Waals surface area contributed by atoms with E-state index in [9.17, 15) is 15.0 Å². The molecule has 0 atom stereocenters. The number of fused-ring (bicyclic) bond motifs is 2. The number of hydrogen-bond acceptors (Lipinski definition) is 5. The summed E-state index contributed by atoms with van der Waals surface area (Å²) in [6.45, 7) is 0.110. The van der Waals surface area contributed by atoms with Crippen LogP contribution in [0, 0.1) is 0 Å². The molecule has 5 aromatic rings. The highest BCUT2D eigenvalue weighted by Gasteiger charge is 2.19. The standard InChI is InChI=1S/C21H17N5O3/c27-11-10-25-18(14-6-8-15(28)9-7-14)23-17-19(25)24-21-22-16(12-26(21)20(17)29)13-4-2-1-3-5-13/h1-9,12,27-28H,10-11H2,(H,22,24). The van der Waals surface area contributed by atoms with E-state index < -0.39 is 0 Å². The summed E-state index contributed by atoms with van der Waals surface area (Å²) >= 11 is 0. The molecule has 3 N–H and O–H groups in total. The summed E-state index contributed by atoms with van der Waals surface area (Å²) in [6.07, 6.45) is 1.71. The molecule has 0 spiro atoms. The lowest BCUT2D eigenvalue weighted by atomic mass is 10.2. The van der Waals surface area contributed by atoms with Gasteiger partial charge in [0.1, 0.15) is 11.6 Å². The molecule has 8 nitrogen and oxygen atoms in total. The number of H-pyrrole nitrogens is 1. The van der Waals surface area contributed by atoms with Crippen molar-refractivity contribution < 1.29 is 10.2 Å². The maximum atomic E-state index is 13.1. The molecule has 0 aliphatic carbocycles. The van der Waals surface area contributed by atoms with Crippen molar-refractivity contribution in [3.05, 3.63) is 71.1 Å². The van der Waals surface area contributed by atoms with Crippen LogP contribution in [0.5, 0.6) is 5.75 Å². The van der Waals surface area contributed by atoms with Gasteiger partial charge in [-0.3, -0.25) is 4.79 Å². The van der Waals surface area contributed by atoms with E-state index in [2.05, 4.69) is 15.0 Å². The third kappa shape index (κ3) is 2.77. The SMILES string of the molecule is O=c1c2nc(-c3ccc(O)cc3)n(CCO)c2nc2[nH]c(-c3ccccc3)cn12. The predicted molar refractivity (Wildman–Crippen MR) is 109 cm³/mol. The second-order valence-corrected chi connectivity index (χ2v) is 6.67. The van der Waals surface area contributed by atoms with Crippen molar-refractivity contribution in [2.45, 2.75) is 6.54 Å². The first kappa shape index (κ1) is 17.2. The number of aromatic amines is 1. The Morgan fingerprint density at radius 2 is 1.72 bits per heavy atom. The van der Waals surface area contributed by atoms with Gasteiger partial charge in [0, 0.05) is 18.3 Å². The molecule has 3 aromatic heterocycles. The van der Waals surface area contributed by atoms with Gasteiger partial charge in [0.15, 0.2) is 11.2 Å². The Morgan fingerprint density at radius 1 is 0.966 bits per heavy atom. The Morgan fingerprint density at radius 3 is 2.45 bits per heavy atom. The molecule has 8 heteroatoms. The minimum Gasteiger partial charge on any atom is -0.508 e. The van der Waals surface area contributed by atoms with Crippen molar-refractivity contribution in [2.24, 2.45) is 0 Å². The van der Waals surface area contributed by atoms with Gasteiger partial charge in [-0.2, -0.15) is 4.98 Å². The molecule has 0 bridgehead atoms. The van der Waals surface area contributed by atoms with Crippen LogP contribution in [-0.4, -0.2) is 40.7 Å². The van der Waals surface area contributed by atoms with Crippen molar-refractivity contribution in [2.75, 3.05) is 6.61 Å². The average Bonchev–Trinajstić information content (AvgIpc) is 3.33. The Hall–Kier alpha value is -3.91. The van der Waals surface area contributed by atoms with E-state index in [1.165, 1.54) is 4.40 Å². The lowest BCUT2D eigenvalue weighted by molar-refractivity contribution is 0.278. The van der Waals surface area contributed by atoms with Crippen LogP contribution in [0.4, 0.5) is 0 Å². The summed E-state index contributed by atoms with van der Waals surface area (Å²) in [5, 5.41) is 19.1. The number of hydrogen-bond donors (Lipinski definition) is 3. The molecule has 0 fully saturated rings. The zero-order valence-corrected chi connectivity index (χ0v) is 15.3. The minimum atomic E-state index is -0.292. The van der Waals surface area contributed by atoms with Gasteiger partial charge in [-0.15, -0.1) is 0 Å². The van der Waals surface area contributed by atoms with Crippen molar-refractivity contribution >= 4 is 16.9 Å². The smallest absolute Gasteiger partial charge is 0.287 e. The van der Waals surface area contributed by atoms with Gasteiger partial charge in [-0.25, -0.2) is 9.38 Å². The molecule has 29 heavy (non-hydrogen) atoms. The molecule has 144 valence electrons. The summed E-state index contributed by atoms with van der Waals surface area (Å²) in [6, 6.07) is 16.2. The van der Waals surface area contributed by atoms with Gasteiger partial charge < -0.3 is 19.8 Å². The molecule has 0 aliphatic rings. The number of rotatable bonds is 4. The largest absolute Gasteiger partial charge is 0.508 e. The van der Waals surface area contributed by atoms with Gasteiger partial charge in [-0.05, 0) is 29.8 Å². The van der Waals surface area contributed by atoms with E-state index in [0.717, 1.165) is 11.3 Å². The first-order valence-corrected chi connectivity index (χ1v) is 9.13. The molecule has 3 heterocycles. The van der Waals surface area contributed by atoms with Crippen LogP contribution < -0.4 is 5.56 Å².